The molecule has 0 bridgehead atoms. The van der Waals surface area contributed by atoms with Gasteiger partial charge in [0.05, 0.1) is 5.41 Å². The van der Waals surface area contributed by atoms with Crippen LogP contribution in [0.25, 0.3) is 0 Å². The quantitative estimate of drug-likeness (QED) is 0.845. The van der Waals surface area contributed by atoms with Crippen molar-refractivity contribution in [3.05, 3.63) is 27.5 Å². The Morgan fingerprint density at radius 2 is 2.29 bits per heavy atom. The van der Waals surface area contributed by atoms with E-state index in [9.17, 15) is 4.79 Å². The number of hydrogen-bond acceptors (Lipinski definition) is 2. The summed E-state index contributed by atoms with van der Waals surface area (Å²) in [6, 6.07) is 1.73. The molecule has 0 aliphatic heterocycles. The third-order valence-electron chi connectivity index (χ3n) is 2.48. The normalized spacial score (nSPS) is 17.9. The van der Waals surface area contributed by atoms with Crippen LogP contribution in [-0.4, -0.2) is 16.1 Å². The van der Waals surface area contributed by atoms with Gasteiger partial charge in [0.2, 0.25) is 0 Å². The number of aliphatic carboxylic acids is 1. The fraction of sp³-hybridized carbons (Fsp3) is 0.333. The van der Waals surface area contributed by atoms with Crippen LogP contribution in [0.5, 0.6) is 0 Å². The molecule has 0 aromatic carbocycles. The summed E-state index contributed by atoms with van der Waals surface area (Å²) in [5, 5.41) is 9.36. The molecule has 14 heavy (non-hydrogen) atoms. The molecule has 1 aliphatic rings. The van der Waals surface area contributed by atoms with Crippen molar-refractivity contribution in [1.29, 1.82) is 0 Å². The Morgan fingerprint density at radius 1 is 1.64 bits per heavy atom. The molecule has 0 saturated heterocycles. The van der Waals surface area contributed by atoms with E-state index in [2.05, 4.69) is 20.9 Å². The minimum absolute atomic E-state index is 0.285. The Balaban J connectivity index is 2.51. The molecule has 2 rings (SSSR count). The van der Waals surface area contributed by atoms with Gasteiger partial charge in [0.25, 0.3) is 0 Å². The Labute approximate surface area is 94.2 Å². The first kappa shape index (κ1) is 9.93. The van der Waals surface area contributed by atoms with Gasteiger partial charge in [0, 0.05) is 16.2 Å². The molecule has 1 aromatic heterocycles. The van der Waals surface area contributed by atoms with Gasteiger partial charge in [0.15, 0.2) is 0 Å². The van der Waals surface area contributed by atoms with E-state index in [0.29, 0.717) is 18.4 Å². The van der Waals surface area contributed by atoms with Crippen LogP contribution in [0.15, 0.2) is 16.7 Å². The highest BCUT2D eigenvalue weighted by Gasteiger charge is 2.53. The van der Waals surface area contributed by atoms with Gasteiger partial charge in [-0.25, -0.2) is 4.98 Å². The van der Waals surface area contributed by atoms with Crippen molar-refractivity contribution in [3.63, 3.8) is 0 Å². The smallest absolute Gasteiger partial charge is 0.314 e. The van der Waals surface area contributed by atoms with Gasteiger partial charge in [-0.05, 0) is 34.8 Å². The van der Waals surface area contributed by atoms with Crippen molar-refractivity contribution in [3.8, 4) is 0 Å². The molecular weight excluding hydrogens is 269 g/mol. The van der Waals surface area contributed by atoms with Gasteiger partial charge < -0.3 is 5.11 Å². The molecule has 1 fully saturated rings. The average molecular weight is 277 g/mol. The number of carbonyl (C=O) groups is 1. The van der Waals surface area contributed by atoms with Crippen molar-refractivity contribution in [2.75, 3.05) is 0 Å². The maximum Gasteiger partial charge on any atom is 0.314 e. The Bertz CT molecular complexity index is 404. The molecule has 74 valence electrons. The highest BCUT2D eigenvalue weighted by atomic mass is 79.9. The number of aromatic nitrogens is 1. The molecule has 0 unspecified atom stereocenters. The van der Waals surface area contributed by atoms with E-state index in [0.717, 1.165) is 4.47 Å². The first-order valence-electron chi connectivity index (χ1n) is 4.11. The van der Waals surface area contributed by atoms with E-state index >= 15 is 0 Å². The molecular formula is C9H7BrClNO2. The summed E-state index contributed by atoms with van der Waals surface area (Å²) in [5.41, 5.74) is -0.172. The molecule has 1 N–H and O–H groups in total. The third-order valence-corrected chi connectivity index (χ3v) is 3.22. The number of carboxylic acids is 1. The van der Waals surface area contributed by atoms with Crippen LogP contribution in [0, 0.1) is 0 Å². The lowest BCUT2D eigenvalue weighted by Gasteiger charge is -2.11. The lowest BCUT2D eigenvalue weighted by Crippen LogP contribution is -2.20. The zero-order valence-corrected chi connectivity index (χ0v) is 9.47. The van der Waals surface area contributed by atoms with E-state index in [1.54, 1.807) is 12.3 Å². The average Bonchev–Trinajstić information content (AvgIpc) is 2.90. The summed E-state index contributed by atoms with van der Waals surface area (Å²) in [6.07, 6.45) is 2.84. The molecule has 5 heteroatoms. The predicted octanol–water partition coefficient (Wildman–Crippen LogP) is 2.61. The zero-order valence-electron chi connectivity index (χ0n) is 7.13. The summed E-state index contributed by atoms with van der Waals surface area (Å²) in [7, 11) is 0. The van der Waals surface area contributed by atoms with Gasteiger partial charge in [-0.2, -0.15) is 0 Å². The second kappa shape index (κ2) is 3.21. The summed E-state index contributed by atoms with van der Waals surface area (Å²) < 4.78 is 0.754. The highest BCUT2D eigenvalue weighted by Crippen LogP contribution is 2.50. The minimum Gasteiger partial charge on any atom is -0.481 e. The Kier molecular flexibility index (Phi) is 2.27. The van der Waals surface area contributed by atoms with Crippen LogP contribution < -0.4 is 0 Å². The van der Waals surface area contributed by atoms with E-state index in [4.69, 9.17) is 16.7 Å². The van der Waals surface area contributed by atoms with Crippen LogP contribution in [0.3, 0.4) is 0 Å². The van der Waals surface area contributed by atoms with Crippen LogP contribution >= 0.6 is 27.5 Å². The number of halogens is 2. The molecule has 3 nitrogen and oxygen atoms in total. The highest BCUT2D eigenvalue weighted by molar-refractivity contribution is 9.10. The predicted molar refractivity (Wildman–Crippen MR) is 55.5 cm³/mol. The first-order chi connectivity index (χ1) is 6.56. The zero-order chi connectivity index (χ0) is 10.3. The van der Waals surface area contributed by atoms with Gasteiger partial charge >= 0.3 is 5.97 Å². The summed E-state index contributed by atoms with van der Waals surface area (Å²) in [6.45, 7) is 0. The second-order valence-electron chi connectivity index (χ2n) is 3.38. The Hall–Kier alpha value is -0.610. The summed E-state index contributed by atoms with van der Waals surface area (Å²) in [4.78, 5) is 15.0. The van der Waals surface area contributed by atoms with Crippen LogP contribution in [0.4, 0.5) is 0 Å². The van der Waals surface area contributed by atoms with E-state index < -0.39 is 11.4 Å². The molecule has 1 aromatic rings. The van der Waals surface area contributed by atoms with Crippen LogP contribution in [0.2, 0.25) is 5.15 Å². The molecule has 0 atom stereocenters. The number of hydrogen-bond donors (Lipinski definition) is 1. The molecule has 1 saturated carbocycles. The fourth-order valence-electron chi connectivity index (χ4n) is 1.48. The van der Waals surface area contributed by atoms with Crippen molar-refractivity contribution < 1.29 is 9.90 Å². The lowest BCUT2D eigenvalue weighted by molar-refractivity contribution is -0.140. The molecule has 0 amide bonds. The number of nitrogens with zero attached hydrogens (tertiary/aromatic N) is 1. The maximum atomic E-state index is 11.0. The lowest BCUT2D eigenvalue weighted by atomic mass is 9.98. The van der Waals surface area contributed by atoms with E-state index in [1.165, 1.54) is 0 Å². The largest absolute Gasteiger partial charge is 0.481 e. The fourth-order valence-corrected chi connectivity index (χ4v) is 2.10. The van der Waals surface area contributed by atoms with Gasteiger partial charge in [0.1, 0.15) is 5.15 Å². The maximum absolute atomic E-state index is 11.0. The minimum atomic E-state index is -0.820. The number of carboxylic acid groups (broad SMARTS) is 1. The van der Waals surface area contributed by atoms with E-state index in [1.807, 2.05) is 0 Å². The van der Waals surface area contributed by atoms with Gasteiger partial charge in [-0.3, -0.25) is 4.79 Å². The number of rotatable bonds is 2. The standard InChI is InChI=1S/C9H7BrClNO2/c10-5-3-6(7(11)12-4-5)9(1-2-9)8(13)14/h3-4H,1-2H2,(H,13,14). The second-order valence-corrected chi connectivity index (χ2v) is 4.65. The molecule has 1 aliphatic carbocycles. The van der Waals surface area contributed by atoms with E-state index in [-0.39, 0.29) is 5.15 Å². The summed E-state index contributed by atoms with van der Waals surface area (Å²) in [5.74, 6) is -0.820. The monoisotopic (exact) mass is 275 g/mol. The van der Waals surface area contributed by atoms with Crippen LogP contribution in [0.1, 0.15) is 18.4 Å². The number of pyridine rings is 1. The van der Waals surface area contributed by atoms with Gasteiger partial charge in [-0.15, -0.1) is 0 Å². The molecule has 1 heterocycles. The van der Waals surface area contributed by atoms with Crippen molar-refractivity contribution in [1.82, 2.24) is 4.98 Å². The van der Waals surface area contributed by atoms with Crippen LogP contribution in [-0.2, 0) is 10.2 Å². The van der Waals surface area contributed by atoms with Crippen molar-refractivity contribution in [2.45, 2.75) is 18.3 Å². The van der Waals surface area contributed by atoms with Crippen molar-refractivity contribution >= 4 is 33.5 Å². The van der Waals surface area contributed by atoms with Crippen molar-refractivity contribution in [2.24, 2.45) is 0 Å². The molecule has 0 spiro atoms. The first-order valence-corrected chi connectivity index (χ1v) is 5.28. The SMILES string of the molecule is O=C(O)C1(c2cc(Br)cnc2Cl)CC1. The Morgan fingerprint density at radius 3 is 2.79 bits per heavy atom. The van der Waals surface area contributed by atoms with Gasteiger partial charge in [-0.1, -0.05) is 11.6 Å². The molecule has 0 radical (unpaired) electrons. The summed E-state index contributed by atoms with van der Waals surface area (Å²) >= 11 is 9.12. The topological polar surface area (TPSA) is 50.2 Å². The third kappa shape index (κ3) is 1.42.